The maximum absolute atomic E-state index is 12.5. The Bertz CT molecular complexity index is 1280. The molecule has 0 radical (unpaired) electrons. The van der Waals surface area contributed by atoms with E-state index in [0.29, 0.717) is 26.5 Å². The second kappa shape index (κ2) is 9.29. The van der Waals surface area contributed by atoms with Crippen molar-refractivity contribution in [1.82, 2.24) is 4.90 Å². The lowest BCUT2D eigenvalue weighted by Gasteiger charge is -2.36. The van der Waals surface area contributed by atoms with Crippen molar-refractivity contribution in [2.45, 2.75) is 6.92 Å². The number of carbonyl (C=O) groups is 1. The highest BCUT2D eigenvalue weighted by Crippen LogP contribution is 2.33. The number of amidine groups is 1. The molecular formula is C25H21Cl2N3O2S. The molecule has 0 N–H and O–H groups in total. The molecule has 0 bridgehead atoms. The van der Waals surface area contributed by atoms with E-state index in [1.165, 1.54) is 23.0 Å². The molecule has 2 aromatic carbocycles. The number of hydrogen-bond donors (Lipinski definition) is 0. The van der Waals surface area contributed by atoms with Crippen LogP contribution in [0.3, 0.4) is 0 Å². The number of piperazine rings is 1. The summed E-state index contributed by atoms with van der Waals surface area (Å²) in [6.07, 6.45) is 1.74. The molecule has 168 valence electrons. The first-order chi connectivity index (χ1) is 16.0. The second-order valence-corrected chi connectivity index (χ2v) is 9.78. The molecule has 0 unspecified atom stereocenters. The Morgan fingerprint density at radius 3 is 2.52 bits per heavy atom. The molecule has 5 rings (SSSR count). The van der Waals surface area contributed by atoms with E-state index in [0.717, 1.165) is 36.9 Å². The topological polar surface area (TPSA) is 49.0 Å². The maximum Gasteiger partial charge on any atom is 0.286 e. The minimum Gasteiger partial charge on any atom is -0.457 e. The molecule has 0 aliphatic carbocycles. The third kappa shape index (κ3) is 4.83. The number of rotatable bonds is 3. The van der Waals surface area contributed by atoms with E-state index in [2.05, 4.69) is 46.0 Å². The number of carbonyl (C=O) groups excluding carboxylic acids is 1. The fourth-order valence-electron chi connectivity index (χ4n) is 3.88. The van der Waals surface area contributed by atoms with Gasteiger partial charge in [-0.05, 0) is 66.7 Å². The molecule has 1 amide bonds. The molecule has 0 spiro atoms. The average Bonchev–Trinajstić information content (AvgIpc) is 3.43. The summed E-state index contributed by atoms with van der Waals surface area (Å²) in [4.78, 5) is 21.9. The Morgan fingerprint density at radius 2 is 1.76 bits per heavy atom. The third-order valence-electron chi connectivity index (χ3n) is 5.63. The maximum atomic E-state index is 12.5. The number of aliphatic imine (C=N–C) groups is 1. The largest absolute Gasteiger partial charge is 0.457 e. The fraction of sp³-hybridized carbons (Fsp3) is 0.200. The Labute approximate surface area is 206 Å². The predicted octanol–water partition coefficient (Wildman–Crippen LogP) is 6.35. The van der Waals surface area contributed by atoms with Gasteiger partial charge in [-0.25, -0.2) is 0 Å². The number of furan rings is 1. The van der Waals surface area contributed by atoms with Crippen molar-refractivity contribution in [1.29, 1.82) is 0 Å². The number of hydrogen-bond acceptors (Lipinski definition) is 5. The van der Waals surface area contributed by atoms with Crippen LogP contribution < -0.4 is 4.90 Å². The molecule has 3 aromatic rings. The molecule has 5 nitrogen and oxygen atoms in total. The highest BCUT2D eigenvalue weighted by molar-refractivity contribution is 8.18. The first-order valence-electron chi connectivity index (χ1n) is 10.6. The number of halogens is 2. The van der Waals surface area contributed by atoms with E-state index in [4.69, 9.17) is 27.6 Å². The van der Waals surface area contributed by atoms with E-state index in [-0.39, 0.29) is 5.91 Å². The molecule has 2 aliphatic heterocycles. The summed E-state index contributed by atoms with van der Waals surface area (Å²) in [5.74, 6) is 1.01. The normalized spacial score (nSPS) is 17.7. The van der Waals surface area contributed by atoms with Crippen molar-refractivity contribution < 1.29 is 9.21 Å². The van der Waals surface area contributed by atoms with Crippen molar-refractivity contribution in [3.63, 3.8) is 0 Å². The van der Waals surface area contributed by atoms with Crippen LogP contribution in [0.15, 0.2) is 68.9 Å². The predicted molar refractivity (Wildman–Crippen MR) is 137 cm³/mol. The zero-order chi connectivity index (χ0) is 22.9. The van der Waals surface area contributed by atoms with Gasteiger partial charge in [-0.3, -0.25) is 4.79 Å². The Balaban J connectivity index is 1.24. The third-order valence-corrected chi connectivity index (χ3v) is 7.41. The zero-order valence-electron chi connectivity index (χ0n) is 17.9. The van der Waals surface area contributed by atoms with Crippen LogP contribution in [0.1, 0.15) is 11.3 Å². The smallest absolute Gasteiger partial charge is 0.286 e. The van der Waals surface area contributed by atoms with Gasteiger partial charge in [0.1, 0.15) is 11.5 Å². The number of thioether (sulfide) groups is 1. The highest BCUT2D eigenvalue weighted by Gasteiger charge is 2.29. The van der Waals surface area contributed by atoms with E-state index in [1.807, 2.05) is 18.2 Å². The second-order valence-electron chi connectivity index (χ2n) is 7.95. The van der Waals surface area contributed by atoms with Crippen LogP contribution in [0, 0.1) is 6.92 Å². The SMILES string of the molecule is Cc1cccc(N2CCN(C3=NC(=O)C(=Cc4ccc(-c5ccc(Cl)c(Cl)c5)o4)S3)CC2)c1. The minimum atomic E-state index is -0.233. The quantitative estimate of drug-likeness (QED) is 0.394. The van der Waals surface area contributed by atoms with Gasteiger partial charge < -0.3 is 14.2 Å². The Morgan fingerprint density at radius 1 is 0.970 bits per heavy atom. The van der Waals surface area contributed by atoms with Crippen molar-refractivity contribution in [2.24, 2.45) is 4.99 Å². The summed E-state index contributed by atoms with van der Waals surface area (Å²) in [7, 11) is 0. The molecule has 2 aliphatic rings. The molecule has 1 saturated heterocycles. The standard InChI is InChI=1S/C25H21Cl2N3O2S/c1-16-3-2-4-18(13-16)29-9-11-30(12-10-29)25-28-24(31)23(33-25)15-19-6-8-22(32-19)17-5-7-20(26)21(27)14-17/h2-8,13-15H,9-12H2,1H3. The van der Waals surface area contributed by atoms with Crippen LogP contribution in [-0.4, -0.2) is 42.2 Å². The first-order valence-corrected chi connectivity index (χ1v) is 12.2. The summed E-state index contributed by atoms with van der Waals surface area (Å²) in [5.41, 5.74) is 3.32. The molecule has 33 heavy (non-hydrogen) atoms. The van der Waals surface area contributed by atoms with E-state index < -0.39 is 0 Å². The molecular weight excluding hydrogens is 477 g/mol. The molecule has 1 fully saturated rings. The minimum absolute atomic E-state index is 0.233. The number of benzene rings is 2. The van der Waals surface area contributed by atoms with Gasteiger partial charge in [0, 0.05) is 43.5 Å². The van der Waals surface area contributed by atoms with Crippen LogP contribution in [-0.2, 0) is 4.79 Å². The zero-order valence-corrected chi connectivity index (χ0v) is 20.3. The lowest BCUT2D eigenvalue weighted by Crippen LogP contribution is -2.47. The summed E-state index contributed by atoms with van der Waals surface area (Å²) < 4.78 is 5.91. The number of aryl methyl sites for hydroxylation is 1. The fourth-order valence-corrected chi connectivity index (χ4v) is 5.12. The van der Waals surface area contributed by atoms with Crippen LogP contribution in [0.4, 0.5) is 5.69 Å². The van der Waals surface area contributed by atoms with E-state index >= 15 is 0 Å². The van der Waals surface area contributed by atoms with Gasteiger partial charge >= 0.3 is 0 Å². The molecule has 0 saturated carbocycles. The molecule has 8 heteroatoms. The monoisotopic (exact) mass is 497 g/mol. The number of anilines is 1. The van der Waals surface area contributed by atoms with Gasteiger partial charge in [0.2, 0.25) is 0 Å². The van der Waals surface area contributed by atoms with Crippen LogP contribution >= 0.6 is 35.0 Å². The summed E-state index contributed by atoms with van der Waals surface area (Å²) in [5, 5.41) is 1.71. The van der Waals surface area contributed by atoms with Gasteiger partial charge in [-0.1, -0.05) is 35.3 Å². The Kier molecular flexibility index (Phi) is 6.23. The summed E-state index contributed by atoms with van der Waals surface area (Å²) >= 11 is 13.5. The lowest BCUT2D eigenvalue weighted by molar-refractivity contribution is -0.113. The van der Waals surface area contributed by atoms with Crippen molar-refractivity contribution in [3.8, 4) is 11.3 Å². The van der Waals surface area contributed by atoms with Crippen molar-refractivity contribution in [3.05, 3.63) is 80.9 Å². The number of nitrogens with zero attached hydrogens (tertiary/aromatic N) is 3. The molecule has 0 atom stereocenters. The number of amides is 1. The summed E-state index contributed by atoms with van der Waals surface area (Å²) in [6, 6.07) is 17.6. The lowest BCUT2D eigenvalue weighted by atomic mass is 10.2. The van der Waals surface area contributed by atoms with Gasteiger partial charge in [-0.15, -0.1) is 0 Å². The molecule has 3 heterocycles. The van der Waals surface area contributed by atoms with Gasteiger partial charge in [0.05, 0.1) is 15.0 Å². The van der Waals surface area contributed by atoms with Gasteiger partial charge in [0.15, 0.2) is 5.17 Å². The van der Waals surface area contributed by atoms with Crippen LogP contribution in [0.25, 0.3) is 17.4 Å². The van der Waals surface area contributed by atoms with Gasteiger partial charge in [-0.2, -0.15) is 4.99 Å². The van der Waals surface area contributed by atoms with Crippen molar-refractivity contribution in [2.75, 3.05) is 31.1 Å². The summed E-state index contributed by atoms with van der Waals surface area (Å²) in [6.45, 7) is 5.53. The molecule has 1 aromatic heterocycles. The van der Waals surface area contributed by atoms with Gasteiger partial charge in [0.25, 0.3) is 5.91 Å². The van der Waals surface area contributed by atoms with Crippen molar-refractivity contribution >= 4 is 57.8 Å². The Hall–Kier alpha value is -2.67. The van der Waals surface area contributed by atoms with E-state index in [1.54, 1.807) is 18.2 Å². The first kappa shape index (κ1) is 22.1. The van der Waals surface area contributed by atoms with E-state index in [9.17, 15) is 4.79 Å². The van der Waals surface area contributed by atoms with Crippen LogP contribution in [0.2, 0.25) is 10.0 Å². The van der Waals surface area contributed by atoms with Crippen LogP contribution in [0.5, 0.6) is 0 Å². The average molecular weight is 498 g/mol. The highest BCUT2D eigenvalue weighted by atomic mass is 35.5.